The summed E-state index contributed by atoms with van der Waals surface area (Å²) in [7, 11) is 0. The third kappa shape index (κ3) is 1.09. The van der Waals surface area contributed by atoms with Crippen molar-refractivity contribution in [1.29, 1.82) is 0 Å². The van der Waals surface area contributed by atoms with Gasteiger partial charge in [0.05, 0.1) is 11.8 Å². The molecular weight excluding hydrogens is 150 g/mol. The summed E-state index contributed by atoms with van der Waals surface area (Å²) in [6, 6.07) is 2.02. The first-order valence-corrected chi connectivity index (χ1v) is 3.82. The molecule has 2 rings (SSSR count). The van der Waals surface area contributed by atoms with Gasteiger partial charge in [0.15, 0.2) is 5.65 Å². The van der Waals surface area contributed by atoms with E-state index in [1.807, 2.05) is 31.3 Å². The molecule has 0 unspecified atom stereocenters. The minimum atomic E-state index is 0.767. The molecule has 0 saturated heterocycles. The van der Waals surface area contributed by atoms with Crippen molar-refractivity contribution < 1.29 is 0 Å². The second kappa shape index (κ2) is 2.77. The lowest BCUT2D eigenvalue weighted by Crippen LogP contribution is -1.78. The Morgan fingerprint density at radius 2 is 2.33 bits per heavy atom. The number of aromatic amines is 1. The molecule has 2 aromatic rings. The van der Waals surface area contributed by atoms with E-state index in [1.54, 1.807) is 6.33 Å². The first kappa shape index (κ1) is 7.03. The number of nitrogens with zero attached hydrogens (tertiary/aromatic N) is 2. The van der Waals surface area contributed by atoms with E-state index < -0.39 is 0 Å². The van der Waals surface area contributed by atoms with Crippen LogP contribution in [0.5, 0.6) is 0 Å². The fraction of sp³-hybridized carbons (Fsp3) is 0.111. The fourth-order valence-corrected chi connectivity index (χ4v) is 1.13. The minimum Gasteiger partial charge on any atom is -0.343 e. The molecule has 0 saturated carbocycles. The molecule has 2 heterocycles. The smallest absolute Gasteiger partial charge is 0.177 e. The highest BCUT2D eigenvalue weighted by Gasteiger charge is 1.95. The number of pyridine rings is 1. The monoisotopic (exact) mass is 159 g/mol. The zero-order chi connectivity index (χ0) is 8.39. The predicted molar refractivity (Wildman–Crippen MR) is 48.6 cm³/mol. The molecule has 2 aromatic heterocycles. The molecule has 0 aromatic carbocycles. The van der Waals surface area contributed by atoms with E-state index in [0.717, 1.165) is 16.7 Å². The van der Waals surface area contributed by atoms with Crippen molar-refractivity contribution >= 4 is 17.2 Å². The van der Waals surface area contributed by atoms with E-state index >= 15 is 0 Å². The van der Waals surface area contributed by atoms with Crippen LogP contribution < -0.4 is 0 Å². The standard InChI is InChI=1S/C9H9N3/c1-2-3-7-4-8-9(10-5-7)12-6-11-8/h2-6H,1H3,(H,10,11,12). The van der Waals surface area contributed by atoms with Crippen molar-refractivity contribution in [1.82, 2.24) is 15.0 Å². The van der Waals surface area contributed by atoms with Crippen LogP contribution in [0, 0.1) is 0 Å². The van der Waals surface area contributed by atoms with Gasteiger partial charge in [-0.1, -0.05) is 12.2 Å². The number of imidazole rings is 1. The van der Waals surface area contributed by atoms with Gasteiger partial charge < -0.3 is 4.98 Å². The van der Waals surface area contributed by atoms with Crippen LogP contribution in [-0.2, 0) is 0 Å². The van der Waals surface area contributed by atoms with Gasteiger partial charge in [0.25, 0.3) is 0 Å². The summed E-state index contributed by atoms with van der Waals surface area (Å²) >= 11 is 0. The number of fused-ring (bicyclic) bond motifs is 1. The van der Waals surface area contributed by atoms with Gasteiger partial charge in [0.1, 0.15) is 0 Å². The van der Waals surface area contributed by atoms with Gasteiger partial charge >= 0.3 is 0 Å². The summed E-state index contributed by atoms with van der Waals surface area (Å²) in [5.41, 5.74) is 2.84. The Bertz CT molecular complexity index is 414. The zero-order valence-corrected chi connectivity index (χ0v) is 6.78. The topological polar surface area (TPSA) is 41.6 Å². The molecule has 3 heteroatoms. The molecule has 1 N–H and O–H groups in total. The second-order valence-corrected chi connectivity index (χ2v) is 2.54. The van der Waals surface area contributed by atoms with Crippen molar-refractivity contribution in [3.63, 3.8) is 0 Å². The molecule has 60 valence electrons. The molecule has 0 amide bonds. The average molecular weight is 159 g/mol. The van der Waals surface area contributed by atoms with Gasteiger partial charge in [-0.15, -0.1) is 0 Å². The molecule has 0 radical (unpaired) electrons. The first-order chi connectivity index (χ1) is 5.90. The quantitative estimate of drug-likeness (QED) is 0.691. The molecule has 0 spiro atoms. The van der Waals surface area contributed by atoms with Crippen molar-refractivity contribution in [2.45, 2.75) is 6.92 Å². The summed E-state index contributed by atoms with van der Waals surface area (Å²) in [5, 5.41) is 0. The Morgan fingerprint density at radius 3 is 3.17 bits per heavy atom. The van der Waals surface area contributed by atoms with Crippen molar-refractivity contribution in [3.05, 3.63) is 30.2 Å². The van der Waals surface area contributed by atoms with Crippen molar-refractivity contribution in [3.8, 4) is 0 Å². The van der Waals surface area contributed by atoms with Crippen LogP contribution in [0.2, 0.25) is 0 Å². The van der Waals surface area contributed by atoms with E-state index in [4.69, 9.17) is 0 Å². The Balaban J connectivity index is 2.60. The van der Waals surface area contributed by atoms with Gasteiger partial charge in [0.2, 0.25) is 0 Å². The Kier molecular flexibility index (Phi) is 1.63. The summed E-state index contributed by atoms with van der Waals surface area (Å²) < 4.78 is 0. The largest absolute Gasteiger partial charge is 0.343 e. The summed E-state index contributed by atoms with van der Waals surface area (Å²) in [4.78, 5) is 11.2. The van der Waals surface area contributed by atoms with E-state index in [9.17, 15) is 0 Å². The van der Waals surface area contributed by atoms with Crippen LogP contribution in [0.4, 0.5) is 0 Å². The number of nitrogens with one attached hydrogen (secondary N) is 1. The van der Waals surface area contributed by atoms with Crippen molar-refractivity contribution in [2.24, 2.45) is 0 Å². The van der Waals surface area contributed by atoms with Crippen LogP contribution in [0.15, 0.2) is 24.7 Å². The summed E-state index contributed by atoms with van der Waals surface area (Å²) in [6.07, 6.45) is 7.45. The van der Waals surface area contributed by atoms with E-state index in [1.165, 1.54) is 0 Å². The second-order valence-electron chi connectivity index (χ2n) is 2.54. The Labute approximate surface area is 70.2 Å². The summed E-state index contributed by atoms with van der Waals surface area (Å²) in [5.74, 6) is 0. The number of aromatic nitrogens is 3. The number of H-pyrrole nitrogens is 1. The third-order valence-corrected chi connectivity index (χ3v) is 1.65. The highest BCUT2D eigenvalue weighted by atomic mass is 14.9. The lowest BCUT2D eigenvalue weighted by Gasteiger charge is -1.90. The van der Waals surface area contributed by atoms with Gasteiger partial charge in [-0.05, 0) is 18.6 Å². The normalized spacial score (nSPS) is 11.4. The number of rotatable bonds is 1. The lowest BCUT2D eigenvalue weighted by atomic mass is 10.2. The third-order valence-electron chi connectivity index (χ3n) is 1.65. The molecule has 0 atom stereocenters. The number of hydrogen-bond donors (Lipinski definition) is 1. The molecule has 0 aliphatic carbocycles. The van der Waals surface area contributed by atoms with Crippen LogP contribution in [0.3, 0.4) is 0 Å². The van der Waals surface area contributed by atoms with Gasteiger partial charge in [0, 0.05) is 6.20 Å². The molecule has 0 aliphatic heterocycles. The van der Waals surface area contributed by atoms with Gasteiger partial charge in [-0.2, -0.15) is 0 Å². The molecule has 0 fully saturated rings. The van der Waals surface area contributed by atoms with Gasteiger partial charge in [-0.25, -0.2) is 9.97 Å². The number of allylic oxidation sites excluding steroid dienone is 1. The Hall–Kier alpha value is -1.64. The molecule has 12 heavy (non-hydrogen) atoms. The fourth-order valence-electron chi connectivity index (χ4n) is 1.13. The molecule has 0 bridgehead atoms. The summed E-state index contributed by atoms with van der Waals surface area (Å²) in [6.45, 7) is 1.98. The van der Waals surface area contributed by atoms with Gasteiger partial charge in [-0.3, -0.25) is 0 Å². The predicted octanol–water partition coefficient (Wildman–Crippen LogP) is 1.99. The average Bonchev–Trinajstić information content (AvgIpc) is 2.51. The van der Waals surface area contributed by atoms with E-state index in [-0.39, 0.29) is 0 Å². The maximum atomic E-state index is 4.17. The first-order valence-electron chi connectivity index (χ1n) is 3.82. The lowest BCUT2D eigenvalue weighted by molar-refractivity contribution is 1.30. The SMILES string of the molecule is CC=Cc1cnc2nc[nH]c2c1. The van der Waals surface area contributed by atoms with E-state index in [2.05, 4.69) is 15.0 Å². The molecule has 0 aliphatic rings. The maximum absolute atomic E-state index is 4.17. The molecule has 3 nitrogen and oxygen atoms in total. The van der Waals surface area contributed by atoms with Crippen LogP contribution >= 0.6 is 0 Å². The Morgan fingerprint density at radius 1 is 1.42 bits per heavy atom. The highest BCUT2D eigenvalue weighted by Crippen LogP contribution is 2.09. The highest BCUT2D eigenvalue weighted by molar-refractivity contribution is 5.72. The zero-order valence-electron chi connectivity index (χ0n) is 6.78. The number of hydrogen-bond acceptors (Lipinski definition) is 2. The van der Waals surface area contributed by atoms with Crippen LogP contribution in [-0.4, -0.2) is 15.0 Å². The van der Waals surface area contributed by atoms with Crippen LogP contribution in [0.1, 0.15) is 12.5 Å². The van der Waals surface area contributed by atoms with Crippen LogP contribution in [0.25, 0.3) is 17.2 Å². The van der Waals surface area contributed by atoms with Crippen molar-refractivity contribution in [2.75, 3.05) is 0 Å². The molecular formula is C9H9N3. The van der Waals surface area contributed by atoms with E-state index in [0.29, 0.717) is 0 Å². The minimum absolute atomic E-state index is 0.767. The maximum Gasteiger partial charge on any atom is 0.177 e.